The second kappa shape index (κ2) is 5.66. The summed E-state index contributed by atoms with van der Waals surface area (Å²) in [5.41, 5.74) is 2.12. The van der Waals surface area contributed by atoms with Crippen molar-refractivity contribution in [1.82, 2.24) is 0 Å². The standard InChI is InChI=1S/C17H16BrFO/c18-17-12(7-4-8-15(17)19)9-16(20)14-10-13(14)11-5-2-1-3-6-11/h1-8,13-14,16,20H,9-10H2. The largest absolute Gasteiger partial charge is 0.392 e. The normalized spacial score (nSPS) is 22.6. The molecule has 0 amide bonds. The van der Waals surface area contributed by atoms with Crippen LogP contribution in [0.3, 0.4) is 0 Å². The maximum absolute atomic E-state index is 13.5. The van der Waals surface area contributed by atoms with Crippen molar-refractivity contribution in [1.29, 1.82) is 0 Å². The van der Waals surface area contributed by atoms with E-state index in [1.165, 1.54) is 11.6 Å². The van der Waals surface area contributed by atoms with Crippen LogP contribution in [0, 0.1) is 11.7 Å². The Kier molecular flexibility index (Phi) is 3.90. The molecule has 1 aliphatic rings. The van der Waals surface area contributed by atoms with Crippen molar-refractivity contribution in [2.45, 2.75) is 24.9 Å². The Bertz CT molecular complexity index is 599. The maximum Gasteiger partial charge on any atom is 0.137 e. The van der Waals surface area contributed by atoms with Gasteiger partial charge >= 0.3 is 0 Å². The summed E-state index contributed by atoms with van der Waals surface area (Å²) < 4.78 is 13.9. The van der Waals surface area contributed by atoms with Gasteiger partial charge in [0.25, 0.3) is 0 Å². The van der Waals surface area contributed by atoms with E-state index >= 15 is 0 Å². The van der Waals surface area contributed by atoms with Crippen molar-refractivity contribution in [2.75, 3.05) is 0 Å². The molecule has 1 nitrogen and oxygen atoms in total. The number of rotatable bonds is 4. The van der Waals surface area contributed by atoms with E-state index in [1.807, 2.05) is 24.3 Å². The van der Waals surface area contributed by atoms with Gasteiger partial charge in [0.05, 0.1) is 10.6 Å². The van der Waals surface area contributed by atoms with Gasteiger partial charge in [-0.25, -0.2) is 4.39 Å². The zero-order chi connectivity index (χ0) is 14.1. The van der Waals surface area contributed by atoms with Gasteiger partial charge in [-0.15, -0.1) is 0 Å². The van der Waals surface area contributed by atoms with Crippen LogP contribution in [0.2, 0.25) is 0 Å². The third-order valence-electron chi connectivity index (χ3n) is 4.02. The van der Waals surface area contributed by atoms with E-state index in [0.29, 0.717) is 16.8 Å². The summed E-state index contributed by atoms with van der Waals surface area (Å²) in [6.45, 7) is 0. The molecule has 2 aromatic rings. The highest BCUT2D eigenvalue weighted by molar-refractivity contribution is 9.10. The van der Waals surface area contributed by atoms with Gasteiger partial charge in [0.1, 0.15) is 5.82 Å². The number of hydrogen-bond acceptors (Lipinski definition) is 1. The first kappa shape index (κ1) is 13.8. The Morgan fingerprint density at radius 2 is 1.90 bits per heavy atom. The quantitative estimate of drug-likeness (QED) is 0.883. The maximum atomic E-state index is 13.5. The summed E-state index contributed by atoms with van der Waals surface area (Å²) in [4.78, 5) is 0. The molecule has 20 heavy (non-hydrogen) atoms. The molecule has 0 radical (unpaired) electrons. The van der Waals surface area contributed by atoms with E-state index in [0.717, 1.165) is 12.0 Å². The lowest BCUT2D eigenvalue weighted by Gasteiger charge is -2.12. The minimum atomic E-state index is -0.418. The van der Waals surface area contributed by atoms with Crippen molar-refractivity contribution in [3.8, 4) is 0 Å². The summed E-state index contributed by atoms with van der Waals surface area (Å²) in [6.07, 6.45) is 1.09. The van der Waals surface area contributed by atoms with E-state index in [4.69, 9.17) is 0 Å². The van der Waals surface area contributed by atoms with Gasteiger partial charge in [-0.2, -0.15) is 0 Å². The zero-order valence-corrected chi connectivity index (χ0v) is 12.6. The van der Waals surface area contributed by atoms with Crippen molar-refractivity contribution < 1.29 is 9.50 Å². The molecule has 3 rings (SSSR count). The van der Waals surface area contributed by atoms with Gasteiger partial charge in [-0.1, -0.05) is 42.5 Å². The first-order valence-corrected chi connectivity index (χ1v) is 7.62. The van der Waals surface area contributed by atoms with E-state index in [9.17, 15) is 9.50 Å². The highest BCUT2D eigenvalue weighted by atomic mass is 79.9. The van der Waals surface area contributed by atoms with Crippen LogP contribution in [0.5, 0.6) is 0 Å². The number of halogens is 2. The van der Waals surface area contributed by atoms with Crippen LogP contribution in [-0.4, -0.2) is 11.2 Å². The summed E-state index contributed by atoms with van der Waals surface area (Å²) in [5, 5.41) is 10.3. The van der Waals surface area contributed by atoms with Crippen molar-refractivity contribution in [3.05, 3.63) is 69.9 Å². The van der Waals surface area contributed by atoms with Gasteiger partial charge in [-0.05, 0) is 57.8 Å². The molecule has 0 aliphatic heterocycles. The molecule has 1 saturated carbocycles. The molecule has 0 bridgehead atoms. The molecule has 1 N–H and O–H groups in total. The first-order chi connectivity index (χ1) is 9.66. The monoisotopic (exact) mass is 334 g/mol. The fraction of sp³-hybridized carbons (Fsp3) is 0.294. The topological polar surface area (TPSA) is 20.2 Å². The molecular weight excluding hydrogens is 319 g/mol. The summed E-state index contributed by atoms with van der Waals surface area (Å²) >= 11 is 3.25. The smallest absolute Gasteiger partial charge is 0.137 e. The van der Waals surface area contributed by atoms with Crippen LogP contribution in [0.1, 0.15) is 23.5 Å². The first-order valence-electron chi connectivity index (χ1n) is 6.82. The Hall–Kier alpha value is -1.19. The Balaban J connectivity index is 1.67. The van der Waals surface area contributed by atoms with E-state index in [2.05, 4.69) is 28.1 Å². The fourth-order valence-corrected chi connectivity index (χ4v) is 3.23. The number of aliphatic hydroxyl groups excluding tert-OH is 1. The van der Waals surface area contributed by atoms with Crippen LogP contribution in [0.4, 0.5) is 4.39 Å². The molecule has 104 valence electrons. The molecular formula is C17H16BrFO. The molecule has 1 fully saturated rings. The Morgan fingerprint density at radius 1 is 1.15 bits per heavy atom. The second-order valence-corrected chi connectivity index (χ2v) is 6.19. The second-order valence-electron chi connectivity index (χ2n) is 5.40. The third-order valence-corrected chi connectivity index (χ3v) is 4.91. The summed E-state index contributed by atoms with van der Waals surface area (Å²) in [7, 11) is 0. The van der Waals surface area contributed by atoms with E-state index in [1.54, 1.807) is 6.07 Å². The van der Waals surface area contributed by atoms with Gasteiger partial charge in [0.15, 0.2) is 0 Å². The molecule has 0 aromatic heterocycles. The van der Waals surface area contributed by atoms with Gasteiger partial charge in [0.2, 0.25) is 0 Å². The predicted molar refractivity (Wildman–Crippen MR) is 81.1 cm³/mol. The molecule has 0 spiro atoms. The number of aliphatic hydroxyl groups is 1. The number of benzene rings is 2. The van der Waals surface area contributed by atoms with Crippen molar-refractivity contribution >= 4 is 15.9 Å². The molecule has 2 aromatic carbocycles. The Labute approximate surface area is 126 Å². The highest BCUT2D eigenvalue weighted by Crippen LogP contribution is 2.50. The molecule has 0 saturated heterocycles. The average molecular weight is 335 g/mol. The van der Waals surface area contributed by atoms with Crippen LogP contribution >= 0.6 is 15.9 Å². The van der Waals surface area contributed by atoms with Crippen LogP contribution < -0.4 is 0 Å². The minimum absolute atomic E-state index is 0.273. The van der Waals surface area contributed by atoms with Crippen molar-refractivity contribution in [2.24, 2.45) is 5.92 Å². The summed E-state index contributed by atoms with van der Waals surface area (Å²) in [6, 6.07) is 15.2. The van der Waals surface area contributed by atoms with Gasteiger partial charge < -0.3 is 5.11 Å². The van der Waals surface area contributed by atoms with Crippen LogP contribution in [0.25, 0.3) is 0 Å². The lowest BCUT2D eigenvalue weighted by molar-refractivity contribution is 0.149. The van der Waals surface area contributed by atoms with Gasteiger partial charge in [0, 0.05) is 0 Å². The highest BCUT2D eigenvalue weighted by Gasteiger charge is 2.43. The minimum Gasteiger partial charge on any atom is -0.392 e. The fourth-order valence-electron chi connectivity index (χ4n) is 2.81. The SMILES string of the molecule is OC(Cc1cccc(F)c1Br)C1CC1c1ccccc1. The van der Waals surface area contributed by atoms with Gasteiger partial charge in [-0.3, -0.25) is 0 Å². The van der Waals surface area contributed by atoms with E-state index < -0.39 is 6.10 Å². The Morgan fingerprint density at radius 3 is 2.65 bits per heavy atom. The third kappa shape index (κ3) is 2.79. The predicted octanol–water partition coefficient (Wildman–Crippen LogP) is 4.30. The molecule has 3 unspecified atom stereocenters. The molecule has 1 aliphatic carbocycles. The van der Waals surface area contributed by atoms with Crippen LogP contribution in [0.15, 0.2) is 53.0 Å². The van der Waals surface area contributed by atoms with Crippen molar-refractivity contribution in [3.63, 3.8) is 0 Å². The molecule has 3 atom stereocenters. The lowest BCUT2D eigenvalue weighted by Crippen LogP contribution is -2.14. The molecule has 3 heteroatoms. The lowest BCUT2D eigenvalue weighted by atomic mass is 10.0. The van der Waals surface area contributed by atoms with E-state index in [-0.39, 0.29) is 11.7 Å². The average Bonchev–Trinajstić information content (AvgIpc) is 3.25. The van der Waals surface area contributed by atoms with Crippen LogP contribution in [-0.2, 0) is 6.42 Å². The zero-order valence-electron chi connectivity index (χ0n) is 11.0. The summed E-state index contributed by atoms with van der Waals surface area (Å²) in [5.74, 6) is 0.455. The molecule has 0 heterocycles. The number of hydrogen-bond donors (Lipinski definition) is 1.